The van der Waals surface area contributed by atoms with Crippen molar-refractivity contribution in [3.8, 4) is 5.75 Å². The highest BCUT2D eigenvalue weighted by molar-refractivity contribution is 7.07. The topological polar surface area (TPSA) is 41.6 Å². The van der Waals surface area contributed by atoms with E-state index in [2.05, 4.69) is 27.0 Å². The standard InChI is InChI=1S/C22H28N2O2S/c1-26-20-5-3-2-4-19(20)22(9-10-22)21(25)23-14-17-6-11-24(12-7-17)15-18-8-13-27-16-18/h2-5,8,13,16-17H,6-7,9-12,14-15H2,1H3,(H,23,25). The number of thiophene rings is 1. The normalized spacial score (nSPS) is 19.6. The number of carbonyl (C=O) groups excluding carboxylic acids is 1. The molecule has 1 saturated carbocycles. The highest BCUT2D eigenvalue weighted by Gasteiger charge is 2.52. The predicted octanol–water partition coefficient (Wildman–Crippen LogP) is 3.82. The summed E-state index contributed by atoms with van der Waals surface area (Å²) in [6, 6.07) is 10.2. The van der Waals surface area contributed by atoms with Crippen molar-refractivity contribution in [3.63, 3.8) is 0 Å². The quantitative estimate of drug-likeness (QED) is 0.789. The molecule has 0 spiro atoms. The molecule has 144 valence electrons. The number of para-hydroxylation sites is 1. The Balaban J connectivity index is 1.28. The molecular formula is C22H28N2O2S. The van der Waals surface area contributed by atoms with Gasteiger partial charge >= 0.3 is 0 Å². The molecular weight excluding hydrogens is 356 g/mol. The molecule has 2 aliphatic rings. The van der Waals surface area contributed by atoms with E-state index in [0.29, 0.717) is 5.92 Å². The zero-order valence-corrected chi connectivity index (χ0v) is 16.8. The van der Waals surface area contributed by atoms with Crippen molar-refractivity contribution in [3.05, 3.63) is 52.2 Å². The van der Waals surface area contributed by atoms with Crippen LogP contribution in [0.5, 0.6) is 5.75 Å². The van der Waals surface area contributed by atoms with Gasteiger partial charge in [-0.25, -0.2) is 0 Å². The summed E-state index contributed by atoms with van der Waals surface area (Å²) < 4.78 is 5.49. The van der Waals surface area contributed by atoms with Gasteiger partial charge in [0.2, 0.25) is 5.91 Å². The van der Waals surface area contributed by atoms with Crippen molar-refractivity contribution < 1.29 is 9.53 Å². The van der Waals surface area contributed by atoms with Crippen LogP contribution in [0.3, 0.4) is 0 Å². The highest BCUT2D eigenvalue weighted by atomic mass is 32.1. The molecule has 1 aliphatic heterocycles. The fourth-order valence-corrected chi connectivity index (χ4v) is 4.84. The minimum atomic E-state index is -0.369. The second kappa shape index (κ2) is 8.03. The van der Waals surface area contributed by atoms with Crippen LogP contribution in [-0.4, -0.2) is 37.6 Å². The van der Waals surface area contributed by atoms with Crippen molar-refractivity contribution >= 4 is 17.2 Å². The zero-order chi connectivity index (χ0) is 18.7. The molecule has 0 atom stereocenters. The number of methoxy groups -OCH3 is 1. The Morgan fingerprint density at radius 1 is 1.26 bits per heavy atom. The number of benzene rings is 1. The van der Waals surface area contributed by atoms with Gasteiger partial charge in [0, 0.05) is 18.7 Å². The Morgan fingerprint density at radius 3 is 2.70 bits per heavy atom. The van der Waals surface area contributed by atoms with E-state index >= 15 is 0 Å². The van der Waals surface area contributed by atoms with E-state index in [0.717, 1.165) is 63.2 Å². The molecule has 0 unspecified atom stereocenters. The number of nitrogens with one attached hydrogen (secondary N) is 1. The van der Waals surface area contributed by atoms with E-state index in [-0.39, 0.29) is 11.3 Å². The predicted molar refractivity (Wildman–Crippen MR) is 109 cm³/mol. The molecule has 1 amide bonds. The molecule has 1 aromatic heterocycles. The number of hydrogen-bond donors (Lipinski definition) is 1. The minimum Gasteiger partial charge on any atom is -0.496 e. The largest absolute Gasteiger partial charge is 0.496 e. The van der Waals surface area contributed by atoms with Crippen molar-refractivity contribution in [2.24, 2.45) is 5.92 Å². The van der Waals surface area contributed by atoms with Gasteiger partial charge < -0.3 is 10.1 Å². The van der Waals surface area contributed by atoms with Crippen LogP contribution in [0.1, 0.15) is 36.8 Å². The van der Waals surface area contributed by atoms with Gasteiger partial charge in [0.25, 0.3) is 0 Å². The van der Waals surface area contributed by atoms with E-state index < -0.39 is 0 Å². The third-order valence-electron chi connectivity index (χ3n) is 6.05. The second-order valence-corrected chi connectivity index (χ2v) is 8.62. The van der Waals surface area contributed by atoms with Crippen molar-refractivity contribution in [2.75, 3.05) is 26.7 Å². The Hall–Kier alpha value is -1.85. The molecule has 4 rings (SSSR count). The van der Waals surface area contributed by atoms with Crippen LogP contribution >= 0.6 is 11.3 Å². The number of hydrogen-bond acceptors (Lipinski definition) is 4. The third kappa shape index (κ3) is 4.04. The van der Waals surface area contributed by atoms with E-state index in [1.54, 1.807) is 18.4 Å². The average molecular weight is 385 g/mol. The van der Waals surface area contributed by atoms with Gasteiger partial charge in [0.1, 0.15) is 5.75 Å². The van der Waals surface area contributed by atoms with E-state index in [1.165, 1.54) is 5.56 Å². The SMILES string of the molecule is COc1ccccc1C1(C(=O)NCC2CCN(Cc3ccsc3)CC2)CC1. The summed E-state index contributed by atoms with van der Waals surface area (Å²) in [5, 5.41) is 7.64. The maximum atomic E-state index is 12.9. The van der Waals surface area contributed by atoms with Crippen LogP contribution in [0.2, 0.25) is 0 Å². The van der Waals surface area contributed by atoms with Gasteiger partial charge in [0.15, 0.2) is 0 Å². The Labute approximate surface area is 165 Å². The summed E-state index contributed by atoms with van der Waals surface area (Å²) in [6.07, 6.45) is 4.15. The molecule has 1 aliphatic carbocycles. The summed E-state index contributed by atoms with van der Waals surface area (Å²) in [5.74, 6) is 1.58. The first-order valence-corrected chi connectivity index (χ1v) is 10.8. The third-order valence-corrected chi connectivity index (χ3v) is 6.78. The Morgan fingerprint density at radius 2 is 2.04 bits per heavy atom. The Kier molecular flexibility index (Phi) is 5.50. The van der Waals surface area contributed by atoms with E-state index in [4.69, 9.17) is 4.74 Å². The van der Waals surface area contributed by atoms with Gasteiger partial charge in [-0.2, -0.15) is 11.3 Å². The van der Waals surface area contributed by atoms with Crippen LogP contribution in [0.4, 0.5) is 0 Å². The number of likely N-dealkylation sites (tertiary alicyclic amines) is 1. The van der Waals surface area contributed by atoms with Gasteiger partial charge in [-0.1, -0.05) is 18.2 Å². The number of amides is 1. The number of rotatable bonds is 7. The van der Waals surface area contributed by atoms with Crippen molar-refractivity contribution in [1.82, 2.24) is 10.2 Å². The van der Waals surface area contributed by atoms with E-state index in [9.17, 15) is 4.79 Å². The number of piperidine rings is 1. The molecule has 0 radical (unpaired) electrons. The molecule has 1 N–H and O–H groups in total. The lowest BCUT2D eigenvalue weighted by Crippen LogP contribution is -2.41. The maximum absolute atomic E-state index is 12.9. The monoisotopic (exact) mass is 384 g/mol. The maximum Gasteiger partial charge on any atom is 0.230 e. The first-order chi connectivity index (χ1) is 13.2. The molecule has 4 nitrogen and oxygen atoms in total. The lowest BCUT2D eigenvalue weighted by atomic mass is 9.92. The van der Waals surface area contributed by atoms with Gasteiger partial charge in [-0.15, -0.1) is 0 Å². The van der Waals surface area contributed by atoms with Crippen molar-refractivity contribution in [1.29, 1.82) is 0 Å². The molecule has 2 heterocycles. The molecule has 2 fully saturated rings. The first kappa shape index (κ1) is 18.5. The molecule has 5 heteroatoms. The van der Waals surface area contributed by atoms with E-state index in [1.807, 2.05) is 24.3 Å². The van der Waals surface area contributed by atoms with Crippen LogP contribution < -0.4 is 10.1 Å². The summed E-state index contributed by atoms with van der Waals surface area (Å²) in [6.45, 7) is 4.09. The highest BCUT2D eigenvalue weighted by Crippen LogP contribution is 2.51. The van der Waals surface area contributed by atoms with Crippen LogP contribution in [0, 0.1) is 5.92 Å². The lowest BCUT2D eigenvalue weighted by Gasteiger charge is -2.32. The Bertz CT molecular complexity index is 762. The summed E-state index contributed by atoms with van der Waals surface area (Å²) >= 11 is 1.77. The smallest absolute Gasteiger partial charge is 0.230 e. The molecule has 27 heavy (non-hydrogen) atoms. The van der Waals surface area contributed by atoms with Gasteiger partial charge in [0.05, 0.1) is 12.5 Å². The van der Waals surface area contributed by atoms with Crippen LogP contribution in [-0.2, 0) is 16.8 Å². The second-order valence-electron chi connectivity index (χ2n) is 7.84. The number of nitrogens with zero attached hydrogens (tertiary/aromatic N) is 1. The number of ether oxygens (including phenoxy) is 1. The molecule has 1 saturated heterocycles. The summed E-state index contributed by atoms with van der Waals surface area (Å²) in [5.41, 5.74) is 2.08. The average Bonchev–Trinajstić information content (AvgIpc) is 3.37. The molecule has 2 aromatic rings. The van der Waals surface area contributed by atoms with Gasteiger partial charge in [-0.05, 0) is 73.1 Å². The summed E-state index contributed by atoms with van der Waals surface area (Å²) in [7, 11) is 1.68. The van der Waals surface area contributed by atoms with Crippen molar-refractivity contribution in [2.45, 2.75) is 37.6 Å². The lowest BCUT2D eigenvalue weighted by molar-refractivity contribution is -0.123. The minimum absolute atomic E-state index is 0.174. The fourth-order valence-electron chi connectivity index (χ4n) is 4.18. The fraction of sp³-hybridized carbons (Fsp3) is 0.500. The zero-order valence-electron chi connectivity index (χ0n) is 15.9. The summed E-state index contributed by atoms with van der Waals surface area (Å²) in [4.78, 5) is 15.5. The number of carbonyl (C=O) groups is 1. The van der Waals surface area contributed by atoms with Crippen LogP contribution in [0.25, 0.3) is 0 Å². The van der Waals surface area contributed by atoms with Gasteiger partial charge in [-0.3, -0.25) is 9.69 Å². The first-order valence-electron chi connectivity index (χ1n) is 9.86. The molecule has 0 bridgehead atoms. The molecule has 1 aromatic carbocycles. The van der Waals surface area contributed by atoms with Crippen LogP contribution in [0.15, 0.2) is 41.1 Å².